The normalized spacial score (nSPS) is 14.3. The van der Waals surface area contributed by atoms with Crippen LogP contribution in [-0.2, 0) is 19.7 Å². The van der Waals surface area contributed by atoms with E-state index in [1.807, 2.05) is 0 Å². The number of imide groups is 1. The zero-order valence-corrected chi connectivity index (χ0v) is 17.7. The van der Waals surface area contributed by atoms with E-state index < -0.39 is 43.5 Å². The lowest BCUT2D eigenvalue weighted by Crippen LogP contribution is -2.32. The molecule has 0 saturated heterocycles. The number of carbonyl (C=O) groups is 3. The SMILES string of the molecule is COc1cc(NC2=C(Cl)C(=O)N(c3cccc(S(=O)(=O)[O-])c3)C2=O)c(Cl)cc1C(=O)[O-]. The number of amides is 2. The first-order valence-electron chi connectivity index (χ1n) is 8.16. The molecule has 2 aromatic carbocycles. The molecule has 3 rings (SSSR count). The maximum absolute atomic E-state index is 12.8. The fourth-order valence-corrected chi connectivity index (χ4v) is 3.67. The summed E-state index contributed by atoms with van der Waals surface area (Å²) in [6.45, 7) is 0. The molecule has 1 aliphatic rings. The van der Waals surface area contributed by atoms with Gasteiger partial charge in [-0.25, -0.2) is 13.3 Å². The zero-order valence-electron chi connectivity index (χ0n) is 15.3. The number of aromatic carboxylic acids is 1. The first-order chi connectivity index (χ1) is 14.5. The molecule has 162 valence electrons. The number of nitrogens with zero attached hydrogens (tertiary/aromatic N) is 1. The highest BCUT2D eigenvalue weighted by Gasteiger charge is 2.39. The van der Waals surface area contributed by atoms with Crippen molar-refractivity contribution in [1.82, 2.24) is 0 Å². The summed E-state index contributed by atoms with van der Waals surface area (Å²) in [4.78, 5) is 36.4. The Morgan fingerprint density at radius 1 is 1.13 bits per heavy atom. The topological polar surface area (TPSA) is 156 Å². The molecule has 0 aromatic heterocycles. The van der Waals surface area contributed by atoms with E-state index in [1.54, 1.807) is 0 Å². The fraction of sp³-hybridized carbons (Fsp3) is 0.0556. The summed E-state index contributed by atoms with van der Waals surface area (Å²) < 4.78 is 38.7. The lowest BCUT2D eigenvalue weighted by atomic mass is 10.1. The average molecular weight is 485 g/mol. The summed E-state index contributed by atoms with van der Waals surface area (Å²) in [5.41, 5.74) is -0.954. The molecule has 10 nitrogen and oxygen atoms in total. The van der Waals surface area contributed by atoms with Crippen LogP contribution >= 0.6 is 23.2 Å². The predicted molar refractivity (Wildman–Crippen MR) is 106 cm³/mol. The van der Waals surface area contributed by atoms with Gasteiger partial charge in [-0.3, -0.25) is 9.59 Å². The van der Waals surface area contributed by atoms with Crippen LogP contribution in [0.2, 0.25) is 5.02 Å². The van der Waals surface area contributed by atoms with E-state index in [4.69, 9.17) is 27.9 Å². The van der Waals surface area contributed by atoms with E-state index in [0.29, 0.717) is 4.90 Å². The summed E-state index contributed by atoms with van der Waals surface area (Å²) in [6.07, 6.45) is 0. The van der Waals surface area contributed by atoms with Crippen molar-refractivity contribution in [1.29, 1.82) is 0 Å². The van der Waals surface area contributed by atoms with Gasteiger partial charge in [-0.1, -0.05) is 29.3 Å². The van der Waals surface area contributed by atoms with Crippen molar-refractivity contribution in [2.75, 3.05) is 17.3 Å². The van der Waals surface area contributed by atoms with Gasteiger partial charge in [0, 0.05) is 11.6 Å². The third-order valence-electron chi connectivity index (χ3n) is 4.16. The Hall–Kier alpha value is -3.12. The molecule has 1 N–H and O–H groups in total. The number of benzene rings is 2. The van der Waals surface area contributed by atoms with E-state index in [1.165, 1.54) is 19.2 Å². The summed E-state index contributed by atoms with van der Waals surface area (Å²) in [5.74, 6) is -3.63. The van der Waals surface area contributed by atoms with Gasteiger partial charge in [0.05, 0.1) is 34.4 Å². The molecule has 31 heavy (non-hydrogen) atoms. The van der Waals surface area contributed by atoms with Crippen LogP contribution in [0.1, 0.15) is 10.4 Å². The van der Waals surface area contributed by atoms with Gasteiger partial charge in [0.15, 0.2) is 0 Å². The van der Waals surface area contributed by atoms with Gasteiger partial charge in [0.2, 0.25) is 0 Å². The number of hydrogen-bond acceptors (Lipinski definition) is 9. The third-order valence-corrected chi connectivity index (χ3v) is 5.66. The minimum Gasteiger partial charge on any atom is -0.744 e. The molecular weight excluding hydrogens is 475 g/mol. The van der Waals surface area contributed by atoms with Crippen LogP contribution in [0.3, 0.4) is 0 Å². The smallest absolute Gasteiger partial charge is 0.283 e. The van der Waals surface area contributed by atoms with Crippen molar-refractivity contribution in [3.8, 4) is 5.75 Å². The molecule has 2 aromatic rings. The van der Waals surface area contributed by atoms with Gasteiger partial charge in [0.25, 0.3) is 11.8 Å². The number of rotatable bonds is 6. The molecular formula is C18H10Cl2N2O8S-2. The number of hydrogen-bond donors (Lipinski definition) is 1. The predicted octanol–water partition coefficient (Wildman–Crippen LogP) is 1.05. The largest absolute Gasteiger partial charge is 0.744 e. The first kappa shape index (κ1) is 22.6. The van der Waals surface area contributed by atoms with Gasteiger partial charge in [0.1, 0.15) is 26.6 Å². The Bertz CT molecular complexity index is 1270. The van der Waals surface area contributed by atoms with Crippen molar-refractivity contribution in [3.63, 3.8) is 0 Å². The summed E-state index contributed by atoms with van der Waals surface area (Å²) >= 11 is 12.1. The van der Waals surface area contributed by atoms with Crippen LogP contribution in [0.25, 0.3) is 0 Å². The second kappa shape index (κ2) is 8.19. The van der Waals surface area contributed by atoms with E-state index in [-0.39, 0.29) is 27.7 Å². The number of carbonyl (C=O) groups excluding carboxylic acids is 3. The highest BCUT2D eigenvalue weighted by atomic mass is 35.5. The van der Waals surface area contributed by atoms with Crippen LogP contribution in [0.4, 0.5) is 11.4 Å². The van der Waals surface area contributed by atoms with Gasteiger partial charge in [-0.2, -0.15) is 0 Å². The van der Waals surface area contributed by atoms with E-state index >= 15 is 0 Å². The molecule has 0 bridgehead atoms. The highest BCUT2D eigenvalue weighted by molar-refractivity contribution is 7.85. The summed E-state index contributed by atoms with van der Waals surface area (Å²) in [7, 11) is -3.63. The lowest BCUT2D eigenvalue weighted by Gasteiger charge is -2.18. The van der Waals surface area contributed by atoms with Crippen LogP contribution in [0, 0.1) is 0 Å². The lowest BCUT2D eigenvalue weighted by molar-refractivity contribution is -0.255. The Morgan fingerprint density at radius 3 is 2.39 bits per heavy atom. The molecule has 0 fully saturated rings. The molecule has 13 heteroatoms. The Balaban J connectivity index is 1.99. The Kier molecular flexibility index (Phi) is 5.96. The number of nitrogens with one attached hydrogen (secondary N) is 1. The van der Waals surface area contributed by atoms with Crippen LogP contribution in [0.5, 0.6) is 5.75 Å². The van der Waals surface area contributed by atoms with Crippen molar-refractivity contribution >= 4 is 62.5 Å². The summed E-state index contributed by atoms with van der Waals surface area (Å²) in [6, 6.07) is 6.47. The number of carboxylic acid groups (broad SMARTS) is 1. The third kappa shape index (κ3) is 4.21. The molecule has 1 aliphatic heterocycles. The van der Waals surface area contributed by atoms with Crippen LogP contribution < -0.4 is 20.1 Å². The maximum atomic E-state index is 12.8. The second-order valence-corrected chi connectivity index (χ2v) is 8.20. The number of anilines is 2. The minimum absolute atomic E-state index is 0.00412. The fourth-order valence-electron chi connectivity index (χ4n) is 2.74. The molecule has 0 spiro atoms. The van der Waals surface area contributed by atoms with Gasteiger partial charge in [-0.05, 0) is 24.3 Å². The maximum Gasteiger partial charge on any atom is 0.283 e. The van der Waals surface area contributed by atoms with E-state index in [9.17, 15) is 32.5 Å². The number of halogens is 2. The van der Waals surface area contributed by atoms with Crippen LogP contribution in [0.15, 0.2) is 52.0 Å². The molecule has 2 amide bonds. The Labute approximate surface area is 185 Å². The highest BCUT2D eigenvalue weighted by Crippen LogP contribution is 2.35. The van der Waals surface area contributed by atoms with Crippen molar-refractivity contribution < 1.29 is 37.2 Å². The molecule has 0 aliphatic carbocycles. The average Bonchev–Trinajstić information content (AvgIpc) is 2.91. The first-order valence-corrected chi connectivity index (χ1v) is 10.3. The molecule has 0 unspecified atom stereocenters. The minimum atomic E-state index is -4.84. The van der Waals surface area contributed by atoms with Crippen molar-refractivity contribution in [3.05, 3.63) is 57.7 Å². The molecule has 0 radical (unpaired) electrons. The quantitative estimate of drug-likeness (QED) is 0.467. The number of ether oxygens (including phenoxy) is 1. The van der Waals surface area contributed by atoms with Crippen molar-refractivity contribution in [2.45, 2.75) is 4.90 Å². The molecule has 0 atom stereocenters. The zero-order chi connectivity index (χ0) is 23.1. The van der Waals surface area contributed by atoms with E-state index in [2.05, 4.69) is 5.32 Å². The van der Waals surface area contributed by atoms with Gasteiger partial charge < -0.3 is 24.5 Å². The standard InChI is InChI=1S/C18H12Cl2N2O8S/c1-30-13-7-12(11(19)6-10(13)18(25)26)21-15-14(20)16(23)22(17(15)24)8-3-2-4-9(5-8)31(27,28)29/h2-7,21H,1H3,(H,25,26)(H,27,28,29)/p-2. The van der Waals surface area contributed by atoms with Gasteiger partial charge >= 0.3 is 0 Å². The monoisotopic (exact) mass is 484 g/mol. The van der Waals surface area contributed by atoms with Crippen molar-refractivity contribution in [2.24, 2.45) is 0 Å². The molecule has 1 heterocycles. The number of carboxylic acids is 1. The number of methoxy groups -OCH3 is 1. The molecule has 0 saturated carbocycles. The second-order valence-electron chi connectivity index (χ2n) is 6.03. The summed E-state index contributed by atoms with van der Waals surface area (Å²) in [5, 5.41) is 13.0. The van der Waals surface area contributed by atoms with Crippen LogP contribution in [-0.4, -0.2) is 37.9 Å². The Morgan fingerprint density at radius 2 is 1.81 bits per heavy atom. The van der Waals surface area contributed by atoms with E-state index in [0.717, 1.165) is 24.3 Å². The van der Waals surface area contributed by atoms with Gasteiger partial charge in [-0.15, -0.1) is 0 Å².